The second kappa shape index (κ2) is 4.85. The van der Waals surface area contributed by atoms with Crippen molar-refractivity contribution >= 4 is 11.9 Å². The molecule has 2 rings (SSSR count). The van der Waals surface area contributed by atoms with Gasteiger partial charge in [0.2, 0.25) is 0 Å². The number of morpholine rings is 1. The Morgan fingerprint density at radius 2 is 2.00 bits per heavy atom. The molecule has 5 heteroatoms. The van der Waals surface area contributed by atoms with Crippen molar-refractivity contribution < 1.29 is 14.3 Å². The number of carbonyl (C=O) groups excluding carboxylic acids is 2. The quantitative estimate of drug-likeness (QED) is 0.530. The Bertz CT molecular complexity index is 375. The van der Waals surface area contributed by atoms with Crippen molar-refractivity contribution in [2.24, 2.45) is 0 Å². The fourth-order valence-corrected chi connectivity index (χ4v) is 1.59. The van der Waals surface area contributed by atoms with Crippen LogP contribution in [-0.2, 0) is 20.7 Å². The number of carbonyl (C=O) groups is 2. The summed E-state index contributed by atoms with van der Waals surface area (Å²) in [5, 5.41) is 0. The van der Waals surface area contributed by atoms with Crippen LogP contribution in [0.3, 0.4) is 0 Å². The number of pyridine rings is 1. The minimum atomic E-state index is -0.475. The van der Waals surface area contributed by atoms with Crippen LogP contribution in [0.5, 0.6) is 0 Å². The minimum Gasteiger partial charge on any atom is -0.391 e. The molecule has 0 N–H and O–H groups in total. The maximum atomic E-state index is 11.0. The maximum Gasteiger partial charge on any atom is 0.327 e. The number of rotatable bonds is 3. The minimum absolute atomic E-state index is 0.179. The molecule has 0 atom stereocenters. The lowest BCUT2D eigenvalue weighted by Crippen LogP contribution is -2.43. The van der Waals surface area contributed by atoms with E-state index in [-0.39, 0.29) is 13.1 Å². The van der Waals surface area contributed by atoms with E-state index in [2.05, 4.69) is 9.72 Å². The normalized spacial score (nSPS) is 17.2. The zero-order valence-corrected chi connectivity index (χ0v) is 8.76. The average Bonchev–Trinajstić information content (AvgIpc) is 2.27. The number of nitrogens with zero attached hydrogens (tertiary/aromatic N) is 2. The molecule has 0 spiro atoms. The first-order chi connectivity index (χ1) is 7.74. The first-order valence-corrected chi connectivity index (χ1v) is 5.10. The summed E-state index contributed by atoms with van der Waals surface area (Å²) < 4.78 is 4.43. The third-order valence-electron chi connectivity index (χ3n) is 2.34. The van der Waals surface area contributed by atoms with Gasteiger partial charge in [0, 0.05) is 24.9 Å². The molecular formula is C11H12N2O3. The summed E-state index contributed by atoms with van der Waals surface area (Å²) in [7, 11) is 0. The predicted molar refractivity (Wildman–Crippen MR) is 55.5 cm³/mol. The molecule has 1 aliphatic rings. The molecule has 0 radical (unpaired) electrons. The van der Waals surface area contributed by atoms with E-state index in [1.807, 2.05) is 18.2 Å². The Morgan fingerprint density at radius 1 is 1.25 bits per heavy atom. The summed E-state index contributed by atoms with van der Waals surface area (Å²) >= 11 is 0. The maximum absolute atomic E-state index is 11.0. The van der Waals surface area contributed by atoms with Crippen molar-refractivity contribution in [1.82, 2.24) is 9.88 Å². The highest BCUT2D eigenvalue weighted by Gasteiger charge is 2.24. The summed E-state index contributed by atoms with van der Waals surface area (Å²) in [6.45, 7) is 0.995. The third kappa shape index (κ3) is 2.87. The van der Waals surface area contributed by atoms with Crippen LogP contribution in [0.2, 0.25) is 0 Å². The van der Waals surface area contributed by atoms with Crippen LogP contribution in [0.15, 0.2) is 24.4 Å². The molecule has 2 heterocycles. The second-order valence-electron chi connectivity index (χ2n) is 3.63. The number of ether oxygens (including phenoxy) is 1. The summed E-state index contributed by atoms with van der Waals surface area (Å²) in [5.41, 5.74) is 0.953. The summed E-state index contributed by atoms with van der Waals surface area (Å²) in [4.78, 5) is 27.9. The van der Waals surface area contributed by atoms with Gasteiger partial charge in [-0.05, 0) is 12.1 Å². The molecule has 1 aliphatic heterocycles. The lowest BCUT2D eigenvalue weighted by atomic mass is 10.2. The van der Waals surface area contributed by atoms with Crippen molar-refractivity contribution in [2.45, 2.75) is 6.42 Å². The van der Waals surface area contributed by atoms with E-state index in [0.717, 1.165) is 12.1 Å². The third-order valence-corrected chi connectivity index (χ3v) is 2.34. The molecule has 0 bridgehead atoms. The fourth-order valence-electron chi connectivity index (χ4n) is 1.59. The first-order valence-electron chi connectivity index (χ1n) is 5.10. The van der Waals surface area contributed by atoms with Crippen molar-refractivity contribution in [3.05, 3.63) is 30.1 Å². The number of hydrogen-bond acceptors (Lipinski definition) is 5. The van der Waals surface area contributed by atoms with Crippen molar-refractivity contribution in [2.75, 3.05) is 19.6 Å². The van der Waals surface area contributed by atoms with Crippen LogP contribution in [0.4, 0.5) is 0 Å². The molecule has 0 aliphatic carbocycles. The van der Waals surface area contributed by atoms with Gasteiger partial charge in [0.05, 0.1) is 13.1 Å². The molecule has 0 saturated carbocycles. The van der Waals surface area contributed by atoms with Crippen LogP contribution in [0.1, 0.15) is 5.69 Å². The molecule has 16 heavy (non-hydrogen) atoms. The summed E-state index contributed by atoms with van der Waals surface area (Å²) in [6, 6.07) is 5.69. The molecule has 1 fully saturated rings. The van der Waals surface area contributed by atoms with E-state index in [4.69, 9.17) is 0 Å². The van der Waals surface area contributed by atoms with Gasteiger partial charge in [-0.2, -0.15) is 0 Å². The molecule has 1 aromatic heterocycles. The van der Waals surface area contributed by atoms with Gasteiger partial charge >= 0.3 is 11.9 Å². The summed E-state index contributed by atoms with van der Waals surface area (Å²) in [6.07, 6.45) is 2.45. The van der Waals surface area contributed by atoms with E-state index in [9.17, 15) is 9.59 Å². The lowest BCUT2D eigenvalue weighted by molar-refractivity contribution is -0.166. The molecule has 84 valence electrons. The van der Waals surface area contributed by atoms with Gasteiger partial charge in [-0.25, -0.2) is 0 Å². The largest absolute Gasteiger partial charge is 0.391 e. The highest BCUT2D eigenvalue weighted by molar-refractivity contribution is 5.90. The van der Waals surface area contributed by atoms with Gasteiger partial charge in [-0.1, -0.05) is 6.07 Å². The van der Waals surface area contributed by atoms with E-state index in [0.29, 0.717) is 6.54 Å². The van der Waals surface area contributed by atoms with Crippen molar-refractivity contribution in [1.29, 1.82) is 0 Å². The van der Waals surface area contributed by atoms with Gasteiger partial charge in [0.15, 0.2) is 0 Å². The van der Waals surface area contributed by atoms with E-state index in [1.54, 1.807) is 11.1 Å². The topological polar surface area (TPSA) is 59.5 Å². The Labute approximate surface area is 93.0 Å². The first kappa shape index (κ1) is 10.8. The van der Waals surface area contributed by atoms with E-state index < -0.39 is 11.9 Å². The molecule has 1 saturated heterocycles. The van der Waals surface area contributed by atoms with Crippen molar-refractivity contribution in [3.8, 4) is 0 Å². The van der Waals surface area contributed by atoms with Gasteiger partial charge in [-0.3, -0.25) is 19.5 Å². The summed E-state index contributed by atoms with van der Waals surface area (Å²) in [5.74, 6) is -0.949. The molecule has 0 amide bonds. The van der Waals surface area contributed by atoms with Gasteiger partial charge in [-0.15, -0.1) is 0 Å². The number of aromatic nitrogens is 1. The monoisotopic (exact) mass is 220 g/mol. The van der Waals surface area contributed by atoms with Crippen LogP contribution in [0, 0.1) is 0 Å². The highest BCUT2D eigenvalue weighted by Crippen LogP contribution is 2.02. The molecule has 0 unspecified atom stereocenters. The average molecular weight is 220 g/mol. The van der Waals surface area contributed by atoms with Crippen LogP contribution < -0.4 is 0 Å². The Hall–Kier alpha value is -1.75. The van der Waals surface area contributed by atoms with E-state index in [1.165, 1.54) is 0 Å². The fraction of sp³-hybridized carbons (Fsp3) is 0.364. The predicted octanol–water partition coefficient (Wildman–Crippen LogP) is 0.00950. The zero-order valence-electron chi connectivity index (χ0n) is 8.76. The van der Waals surface area contributed by atoms with Crippen LogP contribution in [0.25, 0.3) is 0 Å². The Kier molecular flexibility index (Phi) is 3.26. The molecular weight excluding hydrogens is 208 g/mol. The smallest absolute Gasteiger partial charge is 0.327 e. The molecule has 0 aromatic carbocycles. The van der Waals surface area contributed by atoms with Crippen LogP contribution >= 0.6 is 0 Å². The second-order valence-corrected chi connectivity index (χ2v) is 3.63. The van der Waals surface area contributed by atoms with Crippen molar-refractivity contribution in [3.63, 3.8) is 0 Å². The number of cyclic esters (lactones) is 2. The standard InChI is InChI=1S/C11H12N2O3/c14-10-7-13(8-11(15)16-10)6-4-9-3-1-2-5-12-9/h1-3,5H,4,6-8H2. The van der Waals surface area contributed by atoms with Gasteiger partial charge in [0.1, 0.15) is 0 Å². The van der Waals surface area contributed by atoms with E-state index >= 15 is 0 Å². The van der Waals surface area contributed by atoms with Gasteiger partial charge < -0.3 is 4.74 Å². The zero-order chi connectivity index (χ0) is 11.4. The van der Waals surface area contributed by atoms with Gasteiger partial charge in [0.25, 0.3) is 0 Å². The SMILES string of the molecule is O=C1CN(CCc2ccccn2)CC(=O)O1. The number of hydrogen-bond donors (Lipinski definition) is 0. The number of esters is 2. The molecule has 1 aromatic rings. The lowest BCUT2D eigenvalue weighted by Gasteiger charge is -2.23. The Balaban J connectivity index is 1.86. The Morgan fingerprint density at radius 3 is 2.62 bits per heavy atom. The molecule has 5 nitrogen and oxygen atoms in total. The van der Waals surface area contributed by atoms with Crippen LogP contribution in [-0.4, -0.2) is 41.5 Å². The highest BCUT2D eigenvalue weighted by atomic mass is 16.6.